The number of nitrogens with two attached hydrogens (primary N) is 1. The molecule has 4 rings (SSSR count). The van der Waals surface area contributed by atoms with Crippen molar-refractivity contribution in [3.8, 4) is 17.1 Å². The van der Waals surface area contributed by atoms with E-state index in [1.807, 2.05) is 30.0 Å². The van der Waals surface area contributed by atoms with Crippen LogP contribution >= 0.6 is 0 Å². The topological polar surface area (TPSA) is 132 Å². The fraction of sp³-hybridized carbons (Fsp3) is 0.250. The maximum absolute atomic E-state index is 12.2. The molecule has 1 aliphatic rings. The first-order chi connectivity index (χ1) is 16.5. The Kier molecular flexibility index (Phi) is 7.19. The Morgan fingerprint density at radius 2 is 1.65 bits per heavy atom. The molecule has 176 valence electrons. The summed E-state index contributed by atoms with van der Waals surface area (Å²) in [7, 11) is 0. The molecule has 34 heavy (non-hydrogen) atoms. The normalized spacial score (nSPS) is 13.3. The molecule has 0 atom stereocenters. The van der Waals surface area contributed by atoms with Crippen molar-refractivity contribution in [2.45, 2.75) is 6.92 Å². The van der Waals surface area contributed by atoms with Crippen molar-refractivity contribution in [3.63, 3.8) is 0 Å². The van der Waals surface area contributed by atoms with Crippen LogP contribution in [0.15, 0.2) is 54.6 Å². The molecular formula is C24H26N6O4. The third-order valence-corrected chi connectivity index (χ3v) is 5.11. The van der Waals surface area contributed by atoms with E-state index in [1.165, 1.54) is 0 Å². The van der Waals surface area contributed by atoms with Crippen LogP contribution < -0.4 is 26.0 Å². The fourth-order valence-corrected chi connectivity index (χ4v) is 3.52. The van der Waals surface area contributed by atoms with E-state index in [0.29, 0.717) is 61.5 Å². The van der Waals surface area contributed by atoms with Gasteiger partial charge in [-0.15, -0.1) is 0 Å². The highest BCUT2D eigenvalue weighted by Gasteiger charge is 2.25. The Hall–Kier alpha value is -4.18. The van der Waals surface area contributed by atoms with E-state index in [9.17, 15) is 9.59 Å². The van der Waals surface area contributed by atoms with E-state index in [4.69, 9.17) is 20.2 Å². The number of carbonyl (C=O) groups is 2. The zero-order valence-corrected chi connectivity index (χ0v) is 18.8. The van der Waals surface area contributed by atoms with Crippen LogP contribution in [0.25, 0.3) is 11.4 Å². The number of amides is 3. The Balaban J connectivity index is 1.59. The van der Waals surface area contributed by atoms with E-state index in [0.717, 1.165) is 0 Å². The molecule has 1 fully saturated rings. The van der Waals surface area contributed by atoms with Crippen molar-refractivity contribution in [2.24, 2.45) is 5.73 Å². The number of urea groups is 1. The smallest absolute Gasteiger partial charge is 0.323 e. The Morgan fingerprint density at radius 1 is 1.00 bits per heavy atom. The van der Waals surface area contributed by atoms with Crippen LogP contribution in [0.1, 0.15) is 17.4 Å². The van der Waals surface area contributed by atoms with Gasteiger partial charge in [-0.2, -0.15) is 0 Å². The predicted molar refractivity (Wildman–Crippen MR) is 129 cm³/mol. The van der Waals surface area contributed by atoms with Crippen LogP contribution in [0.3, 0.4) is 0 Å². The SMILES string of the molecule is CCOc1c(C(N)=O)nc(-c2ccc(NC(=O)Nc3ccccc3)cc2)nc1N1CCOCC1. The highest BCUT2D eigenvalue weighted by atomic mass is 16.5. The number of morpholine rings is 1. The zero-order chi connectivity index (χ0) is 23.9. The summed E-state index contributed by atoms with van der Waals surface area (Å²) in [5, 5.41) is 5.54. The average Bonchev–Trinajstić information content (AvgIpc) is 2.86. The lowest BCUT2D eigenvalue weighted by atomic mass is 10.1. The standard InChI is InChI=1S/C24H26N6O4/c1-2-34-20-19(21(25)31)28-22(29-23(20)30-12-14-33-15-13-30)16-8-10-18(11-9-16)27-24(32)26-17-6-4-3-5-7-17/h3-11H,2,12-15H2,1H3,(H2,25,31)(H2,26,27,32). The lowest BCUT2D eigenvalue weighted by Gasteiger charge is -2.29. The molecule has 1 aliphatic heterocycles. The number of hydrogen-bond donors (Lipinski definition) is 3. The summed E-state index contributed by atoms with van der Waals surface area (Å²) >= 11 is 0. The zero-order valence-electron chi connectivity index (χ0n) is 18.8. The first-order valence-electron chi connectivity index (χ1n) is 11.0. The number of aromatic nitrogens is 2. The van der Waals surface area contributed by atoms with Gasteiger partial charge < -0.3 is 30.7 Å². The quantitative estimate of drug-likeness (QED) is 0.491. The largest absolute Gasteiger partial charge is 0.488 e. The molecule has 0 saturated carbocycles. The summed E-state index contributed by atoms with van der Waals surface area (Å²) in [6, 6.07) is 15.8. The number of hydrogen-bond acceptors (Lipinski definition) is 7. The van der Waals surface area contributed by atoms with Gasteiger partial charge in [-0.3, -0.25) is 4.79 Å². The van der Waals surface area contributed by atoms with Gasteiger partial charge in [0.15, 0.2) is 23.1 Å². The first kappa shape index (κ1) is 23.0. The van der Waals surface area contributed by atoms with Gasteiger partial charge >= 0.3 is 6.03 Å². The monoisotopic (exact) mass is 462 g/mol. The molecule has 3 amide bonds. The molecule has 2 aromatic carbocycles. The number of primary amides is 1. The van der Waals surface area contributed by atoms with Crippen LogP contribution in [0, 0.1) is 0 Å². The van der Waals surface area contributed by atoms with Crippen LogP contribution in [0.5, 0.6) is 5.75 Å². The van der Waals surface area contributed by atoms with E-state index in [-0.39, 0.29) is 17.5 Å². The Labute approximate surface area is 197 Å². The second-order valence-corrected chi connectivity index (χ2v) is 7.47. The highest BCUT2D eigenvalue weighted by molar-refractivity contribution is 6.00. The second kappa shape index (κ2) is 10.6. The van der Waals surface area contributed by atoms with Gasteiger partial charge in [-0.1, -0.05) is 18.2 Å². The molecule has 3 aromatic rings. The van der Waals surface area contributed by atoms with Gasteiger partial charge in [0.05, 0.1) is 19.8 Å². The Bertz CT molecular complexity index is 1150. The van der Waals surface area contributed by atoms with Crippen molar-refractivity contribution < 1.29 is 19.1 Å². The number of nitrogens with one attached hydrogen (secondary N) is 2. The first-order valence-corrected chi connectivity index (χ1v) is 11.0. The van der Waals surface area contributed by atoms with Crippen molar-refractivity contribution in [1.29, 1.82) is 0 Å². The molecule has 0 spiro atoms. The number of rotatable bonds is 7. The van der Waals surface area contributed by atoms with Crippen LogP contribution in [0.2, 0.25) is 0 Å². The average molecular weight is 463 g/mol. The van der Waals surface area contributed by atoms with Gasteiger partial charge in [0.1, 0.15) is 0 Å². The maximum atomic E-state index is 12.2. The van der Waals surface area contributed by atoms with Gasteiger partial charge in [0, 0.05) is 30.0 Å². The third kappa shape index (κ3) is 5.41. The number of ether oxygens (including phenoxy) is 2. The minimum atomic E-state index is -0.697. The molecule has 0 radical (unpaired) electrons. The van der Waals surface area contributed by atoms with Crippen LogP contribution in [-0.2, 0) is 4.74 Å². The number of benzene rings is 2. The lowest BCUT2D eigenvalue weighted by Crippen LogP contribution is -2.37. The van der Waals surface area contributed by atoms with Gasteiger partial charge in [-0.25, -0.2) is 14.8 Å². The summed E-state index contributed by atoms with van der Waals surface area (Å²) in [6.45, 7) is 4.46. The van der Waals surface area contributed by atoms with E-state index < -0.39 is 5.91 Å². The van der Waals surface area contributed by atoms with Crippen molar-refractivity contribution in [3.05, 3.63) is 60.3 Å². The van der Waals surface area contributed by atoms with Crippen molar-refractivity contribution in [1.82, 2.24) is 9.97 Å². The summed E-state index contributed by atoms with van der Waals surface area (Å²) < 4.78 is 11.2. The van der Waals surface area contributed by atoms with E-state index >= 15 is 0 Å². The van der Waals surface area contributed by atoms with E-state index in [2.05, 4.69) is 15.6 Å². The van der Waals surface area contributed by atoms with Gasteiger partial charge in [0.2, 0.25) is 0 Å². The lowest BCUT2D eigenvalue weighted by molar-refractivity contribution is 0.0991. The molecule has 2 heterocycles. The minimum Gasteiger partial charge on any atom is -0.488 e. The van der Waals surface area contributed by atoms with Crippen LogP contribution in [0.4, 0.5) is 22.0 Å². The number of para-hydroxylation sites is 1. The molecule has 4 N–H and O–H groups in total. The van der Waals surface area contributed by atoms with E-state index in [1.54, 1.807) is 36.4 Å². The van der Waals surface area contributed by atoms with Crippen LogP contribution in [-0.4, -0.2) is 54.8 Å². The number of carbonyl (C=O) groups excluding carboxylic acids is 2. The molecule has 0 bridgehead atoms. The summed E-state index contributed by atoms with van der Waals surface area (Å²) in [4.78, 5) is 35.5. The summed E-state index contributed by atoms with van der Waals surface area (Å²) in [5.74, 6) is 0.418. The fourth-order valence-electron chi connectivity index (χ4n) is 3.52. The third-order valence-electron chi connectivity index (χ3n) is 5.11. The molecule has 1 aromatic heterocycles. The predicted octanol–water partition coefficient (Wildman–Crippen LogP) is 3.12. The van der Waals surface area contributed by atoms with Gasteiger partial charge in [-0.05, 0) is 43.3 Å². The molecule has 1 saturated heterocycles. The van der Waals surface area contributed by atoms with Gasteiger partial charge in [0.25, 0.3) is 5.91 Å². The summed E-state index contributed by atoms with van der Waals surface area (Å²) in [6.07, 6.45) is 0. The molecule has 0 unspecified atom stereocenters. The Morgan fingerprint density at radius 3 is 2.26 bits per heavy atom. The molecular weight excluding hydrogens is 436 g/mol. The second-order valence-electron chi connectivity index (χ2n) is 7.47. The maximum Gasteiger partial charge on any atom is 0.323 e. The molecule has 10 heteroatoms. The highest BCUT2D eigenvalue weighted by Crippen LogP contribution is 2.33. The number of nitrogens with zero attached hydrogens (tertiary/aromatic N) is 3. The minimum absolute atomic E-state index is 0.0257. The number of anilines is 3. The van der Waals surface area contributed by atoms with Crippen molar-refractivity contribution >= 4 is 29.1 Å². The summed E-state index contributed by atoms with van der Waals surface area (Å²) in [5.41, 5.74) is 7.59. The molecule has 0 aliphatic carbocycles. The molecule has 10 nitrogen and oxygen atoms in total. The van der Waals surface area contributed by atoms with Crippen molar-refractivity contribution in [2.75, 3.05) is 48.4 Å².